The monoisotopic (exact) mass is 210 g/mol. The topological polar surface area (TPSA) is 17.4 Å². The fourth-order valence-electron chi connectivity index (χ4n) is 1.52. The van der Waals surface area contributed by atoms with Gasteiger partial charge < -0.3 is 9.30 Å². The van der Waals surface area contributed by atoms with E-state index >= 15 is 0 Å². The first-order valence-electron chi connectivity index (χ1n) is 5.43. The molecule has 0 spiro atoms. The number of rotatable bonds is 5. The molecule has 0 aliphatic heterocycles. The van der Waals surface area contributed by atoms with Gasteiger partial charge in [-0.1, -0.05) is 0 Å². The lowest BCUT2D eigenvalue weighted by molar-refractivity contribution is -0.0259. The third kappa shape index (κ3) is 3.36. The van der Waals surface area contributed by atoms with Crippen molar-refractivity contribution in [1.29, 1.82) is 0 Å². The maximum absolute atomic E-state index is 5.69. The lowest BCUT2D eigenvalue weighted by Crippen LogP contribution is -2.28. The minimum atomic E-state index is 0.182. The molecule has 1 atom stereocenters. The van der Waals surface area contributed by atoms with Crippen molar-refractivity contribution in [2.24, 2.45) is 0 Å². The molecule has 86 valence electrons. The molecule has 0 N–H and O–H groups in total. The second-order valence-corrected chi connectivity index (χ2v) is 4.20. The standard InChI is InChI=1S/C12H22N2O/c1-10-6-7-11(2)14(10)8-9-15-12(3)13(4)5/h6-7,12H,8-9H2,1-5H3. The molecule has 0 aromatic carbocycles. The van der Waals surface area contributed by atoms with Crippen LogP contribution in [0.1, 0.15) is 18.3 Å². The number of aromatic nitrogens is 1. The molecule has 0 fully saturated rings. The predicted octanol–water partition coefficient (Wildman–Crippen LogP) is 2.03. The Hall–Kier alpha value is -0.800. The number of ether oxygens (including phenoxy) is 1. The van der Waals surface area contributed by atoms with Crippen LogP contribution in [0.2, 0.25) is 0 Å². The van der Waals surface area contributed by atoms with Gasteiger partial charge in [0, 0.05) is 17.9 Å². The molecule has 0 saturated heterocycles. The molecule has 0 aliphatic carbocycles. The van der Waals surface area contributed by atoms with E-state index in [2.05, 4.69) is 42.4 Å². The summed E-state index contributed by atoms with van der Waals surface area (Å²) < 4.78 is 7.97. The lowest BCUT2D eigenvalue weighted by Gasteiger charge is -2.20. The zero-order valence-electron chi connectivity index (χ0n) is 10.4. The fourth-order valence-corrected chi connectivity index (χ4v) is 1.52. The van der Waals surface area contributed by atoms with Gasteiger partial charge in [0.1, 0.15) is 6.23 Å². The molecule has 0 radical (unpaired) electrons. The molecular weight excluding hydrogens is 188 g/mol. The Bertz CT molecular complexity index is 285. The molecule has 3 nitrogen and oxygen atoms in total. The molecule has 1 aromatic rings. The Kier molecular flexibility index (Phi) is 4.36. The smallest absolute Gasteiger partial charge is 0.107 e. The van der Waals surface area contributed by atoms with Crippen LogP contribution in [0.4, 0.5) is 0 Å². The van der Waals surface area contributed by atoms with Crippen LogP contribution >= 0.6 is 0 Å². The Morgan fingerprint density at radius 2 is 1.80 bits per heavy atom. The second-order valence-electron chi connectivity index (χ2n) is 4.20. The molecule has 1 heterocycles. The quantitative estimate of drug-likeness (QED) is 0.692. The first-order chi connectivity index (χ1) is 7.02. The largest absolute Gasteiger partial charge is 0.362 e. The molecule has 3 heteroatoms. The van der Waals surface area contributed by atoms with Gasteiger partial charge in [-0.3, -0.25) is 4.90 Å². The van der Waals surface area contributed by atoms with Crippen LogP contribution in [0.25, 0.3) is 0 Å². The summed E-state index contributed by atoms with van der Waals surface area (Å²) in [7, 11) is 4.05. The summed E-state index contributed by atoms with van der Waals surface area (Å²) in [5.41, 5.74) is 2.60. The average molecular weight is 210 g/mol. The normalized spacial score (nSPS) is 13.5. The molecule has 0 saturated carbocycles. The summed E-state index contributed by atoms with van der Waals surface area (Å²) >= 11 is 0. The highest BCUT2D eigenvalue weighted by Crippen LogP contribution is 2.07. The molecule has 0 bridgehead atoms. The van der Waals surface area contributed by atoms with Gasteiger partial charge >= 0.3 is 0 Å². The minimum absolute atomic E-state index is 0.182. The average Bonchev–Trinajstić information content (AvgIpc) is 2.48. The van der Waals surface area contributed by atoms with Gasteiger partial charge in [-0.15, -0.1) is 0 Å². The van der Waals surface area contributed by atoms with Crippen molar-refractivity contribution in [3.8, 4) is 0 Å². The zero-order valence-corrected chi connectivity index (χ0v) is 10.4. The van der Waals surface area contributed by atoms with E-state index in [0.29, 0.717) is 0 Å². The molecule has 1 aromatic heterocycles. The molecule has 1 unspecified atom stereocenters. The molecule has 0 amide bonds. The summed E-state index contributed by atoms with van der Waals surface area (Å²) in [6, 6.07) is 4.29. The number of aryl methyl sites for hydroxylation is 2. The summed E-state index contributed by atoms with van der Waals surface area (Å²) in [6.07, 6.45) is 0.182. The highest BCUT2D eigenvalue weighted by molar-refractivity contribution is 5.13. The van der Waals surface area contributed by atoms with Gasteiger partial charge in [0.2, 0.25) is 0 Å². The van der Waals surface area contributed by atoms with Crippen molar-refractivity contribution >= 4 is 0 Å². The summed E-state index contributed by atoms with van der Waals surface area (Å²) in [6.45, 7) is 8.01. The maximum atomic E-state index is 5.69. The highest BCUT2D eigenvalue weighted by atomic mass is 16.5. The van der Waals surface area contributed by atoms with Crippen LogP contribution in [0, 0.1) is 13.8 Å². The minimum Gasteiger partial charge on any atom is -0.362 e. The Morgan fingerprint density at radius 1 is 1.27 bits per heavy atom. The molecule has 15 heavy (non-hydrogen) atoms. The van der Waals surface area contributed by atoms with Crippen LogP contribution in [0.15, 0.2) is 12.1 Å². The van der Waals surface area contributed by atoms with Crippen molar-refractivity contribution in [2.45, 2.75) is 33.5 Å². The van der Waals surface area contributed by atoms with E-state index in [1.54, 1.807) is 0 Å². The van der Waals surface area contributed by atoms with E-state index in [1.165, 1.54) is 11.4 Å². The lowest BCUT2D eigenvalue weighted by atomic mass is 10.5. The van der Waals surface area contributed by atoms with Crippen molar-refractivity contribution in [3.05, 3.63) is 23.5 Å². The number of nitrogens with zero attached hydrogens (tertiary/aromatic N) is 2. The Morgan fingerprint density at radius 3 is 2.27 bits per heavy atom. The van der Waals surface area contributed by atoms with Gasteiger partial charge in [0.05, 0.1) is 6.61 Å². The summed E-state index contributed by atoms with van der Waals surface area (Å²) in [5, 5.41) is 0. The van der Waals surface area contributed by atoms with Crippen molar-refractivity contribution < 1.29 is 4.74 Å². The molecule has 1 rings (SSSR count). The fraction of sp³-hybridized carbons (Fsp3) is 0.667. The SMILES string of the molecule is Cc1ccc(C)n1CCOC(C)N(C)C. The van der Waals surface area contributed by atoms with E-state index in [4.69, 9.17) is 4.74 Å². The van der Waals surface area contributed by atoms with Gasteiger partial charge in [0.15, 0.2) is 0 Å². The third-order valence-electron chi connectivity index (χ3n) is 2.82. The van der Waals surface area contributed by atoms with Crippen molar-refractivity contribution in [3.63, 3.8) is 0 Å². The first kappa shape index (κ1) is 12.3. The highest BCUT2D eigenvalue weighted by Gasteiger charge is 2.05. The first-order valence-corrected chi connectivity index (χ1v) is 5.43. The van der Waals surface area contributed by atoms with E-state index in [1.807, 2.05) is 14.1 Å². The molecule has 0 aliphatic rings. The van der Waals surface area contributed by atoms with Crippen LogP contribution in [-0.2, 0) is 11.3 Å². The van der Waals surface area contributed by atoms with Gasteiger partial charge in [0.25, 0.3) is 0 Å². The van der Waals surface area contributed by atoms with Crippen molar-refractivity contribution in [1.82, 2.24) is 9.47 Å². The van der Waals surface area contributed by atoms with E-state index in [9.17, 15) is 0 Å². The summed E-state index contributed by atoms with van der Waals surface area (Å²) in [5.74, 6) is 0. The zero-order chi connectivity index (χ0) is 11.4. The van der Waals surface area contributed by atoms with Crippen molar-refractivity contribution in [2.75, 3.05) is 20.7 Å². The second kappa shape index (κ2) is 5.33. The number of hydrogen-bond acceptors (Lipinski definition) is 2. The van der Waals surface area contributed by atoms with E-state index in [0.717, 1.165) is 13.2 Å². The third-order valence-corrected chi connectivity index (χ3v) is 2.82. The van der Waals surface area contributed by atoms with Gasteiger partial charge in [-0.05, 0) is 47.0 Å². The van der Waals surface area contributed by atoms with Crippen LogP contribution in [0.3, 0.4) is 0 Å². The molecular formula is C12H22N2O. The van der Waals surface area contributed by atoms with Crippen LogP contribution in [0.5, 0.6) is 0 Å². The van der Waals surface area contributed by atoms with Gasteiger partial charge in [-0.25, -0.2) is 0 Å². The predicted molar refractivity (Wildman–Crippen MR) is 63.0 cm³/mol. The van der Waals surface area contributed by atoms with E-state index in [-0.39, 0.29) is 6.23 Å². The maximum Gasteiger partial charge on any atom is 0.107 e. The number of hydrogen-bond donors (Lipinski definition) is 0. The van der Waals surface area contributed by atoms with Crippen LogP contribution < -0.4 is 0 Å². The Labute approximate surface area is 92.6 Å². The van der Waals surface area contributed by atoms with Gasteiger partial charge in [-0.2, -0.15) is 0 Å². The Balaban J connectivity index is 2.38. The van der Waals surface area contributed by atoms with Crippen LogP contribution in [-0.4, -0.2) is 36.4 Å². The summed E-state index contributed by atoms with van der Waals surface area (Å²) in [4.78, 5) is 2.06. The van der Waals surface area contributed by atoms with E-state index < -0.39 is 0 Å².